The molecular weight excluding hydrogens is 238 g/mol. The standard InChI is InChI=1S/C15H21N3O/c1-3-4-12-5-7-13(8-6-12)14(16)11-18-10-9-17(2)15(18)19/h5-10,14H,3-4,11,16H2,1-2H3. The zero-order chi connectivity index (χ0) is 13.8. The molecule has 0 aliphatic carbocycles. The minimum absolute atomic E-state index is 0.0296. The Morgan fingerprint density at radius 3 is 2.42 bits per heavy atom. The minimum atomic E-state index is -0.157. The van der Waals surface area contributed by atoms with Gasteiger partial charge >= 0.3 is 5.69 Å². The Morgan fingerprint density at radius 2 is 1.89 bits per heavy atom. The molecule has 102 valence electrons. The van der Waals surface area contributed by atoms with E-state index in [0.717, 1.165) is 18.4 Å². The molecule has 2 aromatic rings. The highest BCUT2D eigenvalue weighted by molar-refractivity contribution is 5.24. The van der Waals surface area contributed by atoms with E-state index in [1.165, 1.54) is 5.56 Å². The summed E-state index contributed by atoms with van der Waals surface area (Å²) in [5.41, 5.74) is 8.53. The number of imidazole rings is 1. The summed E-state index contributed by atoms with van der Waals surface area (Å²) < 4.78 is 3.20. The van der Waals surface area contributed by atoms with Gasteiger partial charge in [0, 0.05) is 32.0 Å². The molecule has 1 atom stereocenters. The van der Waals surface area contributed by atoms with E-state index >= 15 is 0 Å². The summed E-state index contributed by atoms with van der Waals surface area (Å²) in [6.07, 6.45) is 5.76. The largest absolute Gasteiger partial charge is 0.327 e. The second kappa shape index (κ2) is 5.89. The van der Waals surface area contributed by atoms with Crippen LogP contribution in [0, 0.1) is 0 Å². The maximum Gasteiger partial charge on any atom is 0.327 e. The molecule has 0 aliphatic heterocycles. The summed E-state index contributed by atoms with van der Waals surface area (Å²) in [5.74, 6) is 0. The summed E-state index contributed by atoms with van der Waals surface area (Å²) in [4.78, 5) is 11.7. The Labute approximate surface area is 113 Å². The van der Waals surface area contributed by atoms with E-state index in [2.05, 4.69) is 31.2 Å². The molecule has 0 bridgehead atoms. The van der Waals surface area contributed by atoms with Gasteiger partial charge in [0.2, 0.25) is 0 Å². The summed E-state index contributed by atoms with van der Waals surface area (Å²) in [5, 5.41) is 0. The van der Waals surface area contributed by atoms with Crippen molar-refractivity contribution in [2.24, 2.45) is 12.8 Å². The number of hydrogen-bond acceptors (Lipinski definition) is 2. The SMILES string of the molecule is CCCc1ccc(C(N)Cn2ccn(C)c2=O)cc1. The van der Waals surface area contributed by atoms with Crippen LogP contribution in [0.1, 0.15) is 30.5 Å². The van der Waals surface area contributed by atoms with E-state index in [4.69, 9.17) is 5.73 Å². The van der Waals surface area contributed by atoms with E-state index in [1.54, 1.807) is 28.6 Å². The van der Waals surface area contributed by atoms with Crippen LogP contribution in [0.3, 0.4) is 0 Å². The highest BCUT2D eigenvalue weighted by atomic mass is 16.1. The van der Waals surface area contributed by atoms with Gasteiger partial charge in [-0.1, -0.05) is 37.6 Å². The summed E-state index contributed by atoms with van der Waals surface area (Å²) in [6.45, 7) is 2.67. The quantitative estimate of drug-likeness (QED) is 0.890. The highest BCUT2D eigenvalue weighted by Crippen LogP contribution is 2.14. The third-order valence-electron chi connectivity index (χ3n) is 3.36. The van der Waals surface area contributed by atoms with Crippen LogP contribution in [0.2, 0.25) is 0 Å². The Balaban J connectivity index is 2.09. The van der Waals surface area contributed by atoms with Crippen molar-refractivity contribution in [2.75, 3.05) is 0 Å². The fourth-order valence-corrected chi connectivity index (χ4v) is 2.19. The van der Waals surface area contributed by atoms with Crippen LogP contribution in [0.25, 0.3) is 0 Å². The summed E-state index contributed by atoms with van der Waals surface area (Å²) in [6, 6.07) is 8.20. The van der Waals surface area contributed by atoms with E-state index in [1.807, 2.05) is 0 Å². The van der Waals surface area contributed by atoms with Crippen molar-refractivity contribution >= 4 is 0 Å². The molecule has 2 rings (SSSR count). The number of benzene rings is 1. The molecule has 0 fully saturated rings. The third kappa shape index (κ3) is 3.15. The first kappa shape index (κ1) is 13.6. The molecule has 0 spiro atoms. The molecule has 2 N–H and O–H groups in total. The van der Waals surface area contributed by atoms with Crippen LogP contribution in [-0.4, -0.2) is 9.13 Å². The van der Waals surface area contributed by atoms with Crippen LogP contribution >= 0.6 is 0 Å². The van der Waals surface area contributed by atoms with Gasteiger partial charge in [-0.3, -0.25) is 4.57 Å². The lowest BCUT2D eigenvalue weighted by Crippen LogP contribution is -2.27. The second-order valence-electron chi connectivity index (χ2n) is 4.94. The molecule has 0 amide bonds. The van der Waals surface area contributed by atoms with Crippen molar-refractivity contribution in [1.82, 2.24) is 9.13 Å². The van der Waals surface area contributed by atoms with Gasteiger partial charge in [-0.15, -0.1) is 0 Å². The zero-order valence-corrected chi connectivity index (χ0v) is 11.5. The van der Waals surface area contributed by atoms with Crippen LogP contribution < -0.4 is 11.4 Å². The molecule has 1 aromatic heterocycles. The van der Waals surface area contributed by atoms with Gasteiger partial charge in [0.1, 0.15) is 0 Å². The van der Waals surface area contributed by atoms with Gasteiger partial charge in [-0.25, -0.2) is 4.79 Å². The molecule has 0 radical (unpaired) electrons. The topological polar surface area (TPSA) is 52.9 Å². The lowest BCUT2D eigenvalue weighted by atomic mass is 10.0. The van der Waals surface area contributed by atoms with E-state index < -0.39 is 0 Å². The number of nitrogens with zero attached hydrogens (tertiary/aromatic N) is 2. The second-order valence-corrected chi connectivity index (χ2v) is 4.94. The van der Waals surface area contributed by atoms with Crippen molar-refractivity contribution in [3.05, 3.63) is 58.3 Å². The number of nitrogens with two attached hydrogens (primary N) is 1. The van der Waals surface area contributed by atoms with Crippen molar-refractivity contribution in [1.29, 1.82) is 0 Å². The van der Waals surface area contributed by atoms with E-state index in [9.17, 15) is 4.79 Å². The maximum atomic E-state index is 11.7. The first-order valence-corrected chi connectivity index (χ1v) is 6.68. The molecule has 4 nitrogen and oxygen atoms in total. The molecule has 1 aromatic carbocycles. The van der Waals surface area contributed by atoms with Crippen molar-refractivity contribution in [3.63, 3.8) is 0 Å². The fraction of sp³-hybridized carbons (Fsp3) is 0.400. The van der Waals surface area contributed by atoms with Crippen molar-refractivity contribution < 1.29 is 0 Å². The van der Waals surface area contributed by atoms with Crippen LogP contribution in [0.5, 0.6) is 0 Å². The van der Waals surface area contributed by atoms with Gasteiger partial charge in [0.25, 0.3) is 0 Å². The monoisotopic (exact) mass is 259 g/mol. The predicted octanol–water partition coefficient (Wildman–Crippen LogP) is 1.84. The maximum absolute atomic E-state index is 11.7. The van der Waals surface area contributed by atoms with Crippen LogP contribution in [0.4, 0.5) is 0 Å². The Kier molecular flexibility index (Phi) is 4.22. The summed E-state index contributed by atoms with van der Waals surface area (Å²) >= 11 is 0. The van der Waals surface area contributed by atoms with Gasteiger partial charge in [-0.2, -0.15) is 0 Å². The van der Waals surface area contributed by atoms with Crippen molar-refractivity contribution in [2.45, 2.75) is 32.4 Å². The Hall–Kier alpha value is -1.81. The molecule has 0 saturated carbocycles. The van der Waals surface area contributed by atoms with Gasteiger partial charge < -0.3 is 10.3 Å². The van der Waals surface area contributed by atoms with Crippen LogP contribution in [-0.2, 0) is 20.0 Å². The number of hydrogen-bond donors (Lipinski definition) is 1. The Bertz CT molecular complexity index is 580. The van der Waals surface area contributed by atoms with Gasteiger partial charge in [-0.05, 0) is 17.5 Å². The highest BCUT2D eigenvalue weighted by Gasteiger charge is 2.09. The molecule has 19 heavy (non-hydrogen) atoms. The van der Waals surface area contributed by atoms with Gasteiger partial charge in [0.15, 0.2) is 0 Å². The molecule has 0 saturated heterocycles. The van der Waals surface area contributed by atoms with E-state index in [0.29, 0.717) is 6.54 Å². The smallest absolute Gasteiger partial charge is 0.322 e. The molecule has 1 heterocycles. The van der Waals surface area contributed by atoms with Crippen molar-refractivity contribution in [3.8, 4) is 0 Å². The van der Waals surface area contributed by atoms with Gasteiger partial charge in [0.05, 0.1) is 0 Å². The van der Waals surface area contributed by atoms with Crippen LogP contribution in [0.15, 0.2) is 41.5 Å². The average molecular weight is 259 g/mol. The summed E-state index contributed by atoms with van der Waals surface area (Å²) in [7, 11) is 1.74. The number of aryl methyl sites for hydroxylation is 2. The molecular formula is C15H21N3O. The first-order chi connectivity index (χ1) is 9.11. The first-order valence-electron chi connectivity index (χ1n) is 6.68. The normalized spacial score (nSPS) is 12.6. The zero-order valence-electron chi connectivity index (χ0n) is 11.5. The number of aromatic nitrogens is 2. The third-order valence-corrected chi connectivity index (χ3v) is 3.36. The Morgan fingerprint density at radius 1 is 1.21 bits per heavy atom. The lowest BCUT2D eigenvalue weighted by Gasteiger charge is -2.13. The average Bonchev–Trinajstić information content (AvgIpc) is 2.72. The lowest BCUT2D eigenvalue weighted by molar-refractivity contribution is 0.554. The molecule has 0 aliphatic rings. The molecule has 4 heteroatoms. The predicted molar refractivity (Wildman–Crippen MR) is 77.0 cm³/mol. The van der Waals surface area contributed by atoms with E-state index in [-0.39, 0.29) is 11.7 Å². The minimum Gasteiger partial charge on any atom is -0.322 e. The fourth-order valence-electron chi connectivity index (χ4n) is 2.19. The molecule has 1 unspecified atom stereocenters. The number of rotatable bonds is 5.